The van der Waals surface area contributed by atoms with Crippen molar-refractivity contribution in [3.05, 3.63) is 70.5 Å². The number of aliphatic hydroxyl groups is 1. The molecule has 25 heavy (non-hydrogen) atoms. The predicted molar refractivity (Wildman–Crippen MR) is 95.5 cm³/mol. The smallest absolute Gasteiger partial charge is 0.265 e. The zero-order valence-electron chi connectivity index (χ0n) is 14.4. The van der Waals surface area contributed by atoms with Crippen LogP contribution in [-0.4, -0.2) is 17.1 Å². The molecule has 4 rings (SSSR count). The molecule has 0 radical (unpaired) electrons. The summed E-state index contributed by atoms with van der Waals surface area (Å²) in [5, 5.41) is 14.2. The molecule has 3 N–H and O–H groups in total. The van der Waals surface area contributed by atoms with Gasteiger partial charge in [0.05, 0.1) is 6.04 Å². The Bertz CT molecular complexity index is 919. The van der Waals surface area contributed by atoms with Crippen LogP contribution in [0.1, 0.15) is 36.1 Å². The molecule has 1 amide bonds. The quantitative estimate of drug-likeness (QED) is 0.789. The van der Waals surface area contributed by atoms with Crippen molar-refractivity contribution >= 4 is 17.2 Å². The number of benzene rings is 2. The number of aryl methyl sites for hydroxylation is 1. The number of carbonyl (C=O) groups excluding carboxylic acids is 1. The molecule has 0 saturated heterocycles. The van der Waals surface area contributed by atoms with Gasteiger partial charge in [0.25, 0.3) is 5.91 Å². The molecule has 0 aliphatic carbocycles. The van der Waals surface area contributed by atoms with Crippen molar-refractivity contribution in [2.24, 2.45) is 0 Å². The summed E-state index contributed by atoms with van der Waals surface area (Å²) in [5.41, 5.74) is 5.87. The van der Waals surface area contributed by atoms with E-state index in [1.807, 2.05) is 57.2 Å². The Kier molecular flexibility index (Phi) is 3.45. The Balaban J connectivity index is 1.91. The molecular weight excluding hydrogens is 316 g/mol. The molecule has 2 aromatic rings. The van der Waals surface area contributed by atoms with Crippen LogP contribution in [0.5, 0.6) is 0 Å². The van der Waals surface area contributed by atoms with E-state index in [0.717, 1.165) is 22.5 Å². The molecular formula is C20H20N2O3. The number of amides is 1. The molecule has 2 aliphatic heterocycles. The number of anilines is 1. The molecule has 5 nitrogen and oxygen atoms in total. The molecule has 2 aliphatic rings. The van der Waals surface area contributed by atoms with Crippen LogP contribution >= 0.6 is 0 Å². The van der Waals surface area contributed by atoms with Crippen molar-refractivity contribution in [3.8, 4) is 0 Å². The number of hydroxylamine groups is 1. The molecule has 0 spiro atoms. The van der Waals surface area contributed by atoms with Crippen LogP contribution in [-0.2, 0) is 15.2 Å². The monoisotopic (exact) mass is 336 g/mol. The SMILES string of the molecule is CC1=C(c2ccc3c(c2)C(O)(c2ccccc2C)C(=O)N3)C(C)NO1. The minimum atomic E-state index is -1.69. The highest BCUT2D eigenvalue weighted by Crippen LogP contribution is 2.43. The van der Waals surface area contributed by atoms with E-state index in [1.54, 1.807) is 6.07 Å². The van der Waals surface area contributed by atoms with Crippen LogP contribution in [0.2, 0.25) is 0 Å². The Morgan fingerprint density at radius 3 is 2.56 bits per heavy atom. The van der Waals surface area contributed by atoms with Crippen molar-refractivity contribution in [1.29, 1.82) is 0 Å². The lowest BCUT2D eigenvalue weighted by Crippen LogP contribution is -2.36. The van der Waals surface area contributed by atoms with Crippen LogP contribution in [0.15, 0.2) is 48.2 Å². The number of nitrogens with one attached hydrogen (secondary N) is 2. The van der Waals surface area contributed by atoms with Gasteiger partial charge in [-0.25, -0.2) is 0 Å². The van der Waals surface area contributed by atoms with Crippen molar-refractivity contribution in [2.45, 2.75) is 32.4 Å². The molecule has 2 aromatic carbocycles. The van der Waals surface area contributed by atoms with Gasteiger partial charge in [0.2, 0.25) is 0 Å². The van der Waals surface area contributed by atoms with Crippen molar-refractivity contribution in [3.63, 3.8) is 0 Å². The number of carbonyl (C=O) groups is 1. The van der Waals surface area contributed by atoms with Gasteiger partial charge in [0.1, 0.15) is 5.76 Å². The fourth-order valence-corrected chi connectivity index (χ4v) is 3.75. The molecule has 0 bridgehead atoms. The van der Waals surface area contributed by atoms with Crippen LogP contribution in [0.25, 0.3) is 5.57 Å². The first-order valence-corrected chi connectivity index (χ1v) is 8.31. The average Bonchev–Trinajstić information content (AvgIpc) is 3.05. The van der Waals surface area contributed by atoms with E-state index < -0.39 is 11.5 Å². The minimum Gasteiger partial charge on any atom is -0.413 e. The first kappa shape index (κ1) is 15.9. The third-order valence-corrected chi connectivity index (χ3v) is 5.03. The molecule has 2 heterocycles. The normalized spacial score (nSPS) is 25.0. The summed E-state index contributed by atoms with van der Waals surface area (Å²) >= 11 is 0. The fourth-order valence-electron chi connectivity index (χ4n) is 3.75. The molecule has 5 heteroatoms. The van der Waals surface area contributed by atoms with E-state index in [9.17, 15) is 9.90 Å². The molecule has 0 aromatic heterocycles. The number of hydrogen-bond acceptors (Lipinski definition) is 4. The van der Waals surface area contributed by atoms with Crippen LogP contribution < -0.4 is 10.8 Å². The van der Waals surface area contributed by atoms with Crippen molar-refractivity contribution in [1.82, 2.24) is 5.48 Å². The number of fused-ring (bicyclic) bond motifs is 1. The molecule has 2 atom stereocenters. The average molecular weight is 336 g/mol. The number of hydrogen-bond donors (Lipinski definition) is 3. The maximum absolute atomic E-state index is 12.7. The van der Waals surface area contributed by atoms with Gasteiger partial charge in [-0.15, -0.1) is 5.48 Å². The summed E-state index contributed by atoms with van der Waals surface area (Å²) in [6, 6.07) is 13.1. The van der Waals surface area contributed by atoms with E-state index in [4.69, 9.17) is 4.84 Å². The van der Waals surface area contributed by atoms with Crippen LogP contribution in [0, 0.1) is 6.92 Å². The van der Waals surface area contributed by atoms with Crippen molar-refractivity contribution < 1.29 is 14.7 Å². The van der Waals surface area contributed by atoms with E-state index >= 15 is 0 Å². The van der Waals surface area contributed by atoms with Gasteiger partial charge in [-0.1, -0.05) is 30.3 Å². The zero-order valence-corrected chi connectivity index (χ0v) is 14.4. The third kappa shape index (κ3) is 2.20. The molecule has 0 saturated carbocycles. The predicted octanol–water partition coefficient (Wildman–Crippen LogP) is 2.84. The summed E-state index contributed by atoms with van der Waals surface area (Å²) in [5.74, 6) is 0.373. The largest absolute Gasteiger partial charge is 0.413 e. The van der Waals surface area contributed by atoms with Crippen LogP contribution in [0.4, 0.5) is 5.69 Å². The Hall–Kier alpha value is -2.63. The summed E-state index contributed by atoms with van der Waals surface area (Å²) in [6.07, 6.45) is 0. The highest BCUT2D eigenvalue weighted by atomic mass is 16.7. The van der Waals surface area contributed by atoms with E-state index in [0.29, 0.717) is 16.8 Å². The van der Waals surface area contributed by atoms with E-state index in [-0.39, 0.29) is 6.04 Å². The minimum absolute atomic E-state index is 0.0367. The van der Waals surface area contributed by atoms with E-state index in [2.05, 4.69) is 10.8 Å². The van der Waals surface area contributed by atoms with Gasteiger partial charge < -0.3 is 15.3 Å². The van der Waals surface area contributed by atoms with Gasteiger partial charge in [0, 0.05) is 22.4 Å². The molecule has 2 unspecified atom stereocenters. The highest BCUT2D eigenvalue weighted by molar-refractivity contribution is 6.07. The van der Waals surface area contributed by atoms with Gasteiger partial charge >= 0.3 is 0 Å². The Morgan fingerprint density at radius 2 is 1.88 bits per heavy atom. The van der Waals surface area contributed by atoms with Crippen LogP contribution in [0.3, 0.4) is 0 Å². The third-order valence-electron chi connectivity index (χ3n) is 5.03. The van der Waals surface area contributed by atoms with Gasteiger partial charge in [0.15, 0.2) is 5.60 Å². The summed E-state index contributed by atoms with van der Waals surface area (Å²) in [6.45, 7) is 5.80. The molecule has 0 fully saturated rings. The molecule has 128 valence electrons. The standard InChI is InChI=1S/C20H20N2O3/c1-11-6-4-5-7-15(11)20(24)16-10-14(8-9-17(16)21-19(20)23)18-12(2)22-25-13(18)3/h4-10,12,22,24H,1-3H3,(H,21,23). The van der Waals surface area contributed by atoms with Gasteiger partial charge in [-0.3, -0.25) is 4.79 Å². The van der Waals surface area contributed by atoms with Gasteiger partial charge in [-0.2, -0.15) is 0 Å². The second kappa shape index (κ2) is 5.44. The Labute approximate surface area is 146 Å². The van der Waals surface area contributed by atoms with E-state index in [1.165, 1.54) is 0 Å². The summed E-state index contributed by atoms with van der Waals surface area (Å²) in [4.78, 5) is 18.1. The first-order valence-electron chi connectivity index (χ1n) is 8.31. The lowest BCUT2D eigenvalue weighted by molar-refractivity contribution is -0.129. The topological polar surface area (TPSA) is 70.6 Å². The lowest BCUT2D eigenvalue weighted by Gasteiger charge is -2.24. The number of rotatable bonds is 2. The zero-order chi connectivity index (χ0) is 17.8. The maximum atomic E-state index is 12.7. The number of allylic oxidation sites excluding steroid dienone is 1. The van der Waals surface area contributed by atoms with Gasteiger partial charge in [-0.05, 0) is 44.0 Å². The fraction of sp³-hybridized carbons (Fsp3) is 0.250. The van der Waals surface area contributed by atoms with Crippen molar-refractivity contribution in [2.75, 3.05) is 5.32 Å². The Morgan fingerprint density at radius 1 is 1.12 bits per heavy atom. The maximum Gasteiger partial charge on any atom is 0.265 e. The summed E-state index contributed by atoms with van der Waals surface area (Å²) in [7, 11) is 0. The second-order valence-electron chi connectivity index (χ2n) is 6.65. The highest BCUT2D eigenvalue weighted by Gasteiger charge is 2.47. The first-order chi connectivity index (χ1) is 11.9. The lowest BCUT2D eigenvalue weighted by atomic mass is 9.83. The summed E-state index contributed by atoms with van der Waals surface area (Å²) < 4.78 is 0. The second-order valence-corrected chi connectivity index (χ2v) is 6.65.